The number of guanidine groups is 1. The highest BCUT2D eigenvalue weighted by Crippen LogP contribution is 2.09. The van der Waals surface area contributed by atoms with Gasteiger partial charge in [0.2, 0.25) is 0 Å². The van der Waals surface area contributed by atoms with Gasteiger partial charge in [0.1, 0.15) is 5.60 Å². The number of ether oxygens (including phenoxy) is 2. The van der Waals surface area contributed by atoms with Crippen LogP contribution in [0.4, 0.5) is 4.79 Å². The largest absolute Gasteiger partial charge is 0.444 e. The van der Waals surface area contributed by atoms with Crippen LogP contribution in [0.1, 0.15) is 52.7 Å². The molecule has 0 fully saturated rings. The van der Waals surface area contributed by atoms with Crippen LogP contribution in [0, 0.1) is 0 Å². The van der Waals surface area contributed by atoms with Gasteiger partial charge in [0.25, 0.3) is 0 Å². The van der Waals surface area contributed by atoms with Crippen LogP contribution in [-0.2, 0) is 22.6 Å². The summed E-state index contributed by atoms with van der Waals surface area (Å²) in [6.45, 7) is 14.5. The monoisotopic (exact) mass is 392 g/mol. The highest BCUT2D eigenvalue weighted by molar-refractivity contribution is 5.79. The van der Waals surface area contributed by atoms with E-state index in [4.69, 9.17) is 9.47 Å². The van der Waals surface area contributed by atoms with Crippen LogP contribution in [0.25, 0.3) is 0 Å². The number of aliphatic imine (C=N–C) groups is 1. The van der Waals surface area contributed by atoms with Gasteiger partial charge in [0, 0.05) is 19.6 Å². The Bertz CT molecular complexity index is 624. The Morgan fingerprint density at radius 1 is 1.11 bits per heavy atom. The van der Waals surface area contributed by atoms with Crippen LogP contribution in [0.15, 0.2) is 29.3 Å². The molecule has 3 N–H and O–H groups in total. The van der Waals surface area contributed by atoms with Crippen LogP contribution >= 0.6 is 0 Å². The lowest BCUT2D eigenvalue weighted by molar-refractivity contribution is 0.0528. The fourth-order valence-electron chi connectivity index (χ4n) is 2.25. The van der Waals surface area contributed by atoms with Gasteiger partial charge in [-0.25, -0.2) is 9.79 Å². The Labute approximate surface area is 169 Å². The van der Waals surface area contributed by atoms with Gasteiger partial charge >= 0.3 is 6.09 Å². The number of rotatable bonds is 9. The van der Waals surface area contributed by atoms with Gasteiger partial charge in [-0.15, -0.1) is 0 Å². The maximum atomic E-state index is 11.6. The van der Waals surface area contributed by atoms with Crippen LogP contribution < -0.4 is 16.0 Å². The molecule has 0 aliphatic heterocycles. The summed E-state index contributed by atoms with van der Waals surface area (Å²) in [5.74, 6) is 0.706. The maximum Gasteiger partial charge on any atom is 0.407 e. The maximum absolute atomic E-state index is 11.6. The van der Waals surface area contributed by atoms with E-state index in [2.05, 4.69) is 39.1 Å². The van der Waals surface area contributed by atoms with E-state index in [0.29, 0.717) is 32.2 Å². The number of hydrogen-bond donors (Lipinski definition) is 3. The van der Waals surface area contributed by atoms with Crippen molar-refractivity contribution in [3.63, 3.8) is 0 Å². The Morgan fingerprint density at radius 2 is 1.79 bits per heavy atom. The zero-order chi connectivity index (χ0) is 21.0. The summed E-state index contributed by atoms with van der Waals surface area (Å²) in [5.41, 5.74) is 1.76. The van der Waals surface area contributed by atoms with Crippen LogP contribution in [0.5, 0.6) is 0 Å². The van der Waals surface area contributed by atoms with Crippen molar-refractivity contribution in [1.82, 2.24) is 16.0 Å². The molecule has 0 unspecified atom stereocenters. The molecule has 7 heteroatoms. The Balaban J connectivity index is 2.49. The van der Waals surface area contributed by atoms with Crippen molar-refractivity contribution in [1.29, 1.82) is 0 Å². The predicted molar refractivity (Wildman–Crippen MR) is 113 cm³/mol. The molecule has 1 amide bonds. The Kier molecular flexibility index (Phi) is 10.4. The number of alkyl carbamates (subject to hydrolysis) is 1. The standard InChI is InChI=1S/C21H36N4O3/c1-7-22-19(23-11-12-24-20(26)28-21(4,5)6)25-14-17-9-8-10-18(13-17)15-27-16(2)3/h8-10,13,16H,7,11-12,14-15H2,1-6H3,(H,24,26)(H2,22,23,25). The minimum absolute atomic E-state index is 0.209. The number of carbonyl (C=O) groups is 1. The molecule has 0 atom stereocenters. The Hall–Kier alpha value is -2.28. The third-order valence-electron chi connectivity index (χ3n) is 3.42. The summed E-state index contributed by atoms with van der Waals surface area (Å²) in [5, 5.41) is 9.13. The predicted octanol–water partition coefficient (Wildman–Crippen LogP) is 3.19. The number of amides is 1. The summed E-state index contributed by atoms with van der Waals surface area (Å²) in [6, 6.07) is 8.24. The van der Waals surface area contributed by atoms with Crippen molar-refractivity contribution in [3.05, 3.63) is 35.4 Å². The molecule has 0 saturated heterocycles. The third-order valence-corrected chi connectivity index (χ3v) is 3.42. The molecule has 0 aromatic heterocycles. The molecule has 158 valence electrons. The van der Waals surface area contributed by atoms with Crippen molar-refractivity contribution < 1.29 is 14.3 Å². The van der Waals surface area contributed by atoms with Crippen LogP contribution in [-0.4, -0.2) is 43.4 Å². The molecule has 0 saturated carbocycles. The van der Waals surface area contributed by atoms with Gasteiger partial charge in [0.15, 0.2) is 5.96 Å². The van der Waals surface area contributed by atoms with Gasteiger partial charge in [-0.2, -0.15) is 0 Å². The fourth-order valence-corrected chi connectivity index (χ4v) is 2.25. The van der Waals surface area contributed by atoms with E-state index in [0.717, 1.165) is 17.7 Å². The van der Waals surface area contributed by atoms with Crippen molar-refractivity contribution in [2.45, 2.75) is 66.4 Å². The molecule has 0 bridgehead atoms. The van der Waals surface area contributed by atoms with E-state index in [9.17, 15) is 4.79 Å². The molecule has 1 rings (SSSR count). The molecular weight excluding hydrogens is 356 g/mol. The first-order chi connectivity index (χ1) is 13.2. The molecule has 28 heavy (non-hydrogen) atoms. The van der Waals surface area contributed by atoms with Gasteiger partial charge in [0.05, 0.1) is 19.3 Å². The number of carbonyl (C=O) groups excluding carboxylic acids is 1. The van der Waals surface area contributed by atoms with Crippen LogP contribution in [0.2, 0.25) is 0 Å². The number of nitrogens with zero attached hydrogens (tertiary/aromatic N) is 1. The molecule has 7 nitrogen and oxygen atoms in total. The highest BCUT2D eigenvalue weighted by Gasteiger charge is 2.15. The van der Waals surface area contributed by atoms with E-state index >= 15 is 0 Å². The lowest BCUT2D eigenvalue weighted by Crippen LogP contribution is -2.42. The highest BCUT2D eigenvalue weighted by atomic mass is 16.6. The topological polar surface area (TPSA) is 84.0 Å². The first kappa shape index (κ1) is 23.8. The van der Waals surface area contributed by atoms with Gasteiger partial charge in [-0.1, -0.05) is 24.3 Å². The normalized spacial score (nSPS) is 12.0. The minimum atomic E-state index is -0.497. The second kappa shape index (κ2) is 12.2. The summed E-state index contributed by atoms with van der Waals surface area (Å²) >= 11 is 0. The van der Waals surface area contributed by atoms with E-state index in [1.165, 1.54) is 0 Å². The van der Waals surface area contributed by atoms with Crippen molar-refractivity contribution in [2.75, 3.05) is 19.6 Å². The first-order valence-corrected chi connectivity index (χ1v) is 9.88. The molecule has 0 radical (unpaired) electrons. The molecule has 1 aromatic carbocycles. The fraction of sp³-hybridized carbons (Fsp3) is 0.619. The van der Waals surface area contributed by atoms with Gasteiger partial charge in [-0.3, -0.25) is 0 Å². The van der Waals surface area contributed by atoms with E-state index in [1.54, 1.807) is 0 Å². The summed E-state index contributed by atoms with van der Waals surface area (Å²) < 4.78 is 10.9. The quantitative estimate of drug-likeness (QED) is 0.341. The molecule has 1 aromatic rings. The van der Waals surface area contributed by atoms with Crippen molar-refractivity contribution >= 4 is 12.1 Å². The lowest BCUT2D eigenvalue weighted by atomic mass is 10.1. The Morgan fingerprint density at radius 3 is 2.43 bits per heavy atom. The summed E-state index contributed by atoms with van der Waals surface area (Å²) in [6.07, 6.45) is -0.211. The van der Waals surface area contributed by atoms with Gasteiger partial charge in [-0.05, 0) is 52.7 Å². The smallest absolute Gasteiger partial charge is 0.407 e. The zero-order valence-corrected chi connectivity index (χ0v) is 18.1. The number of benzene rings is 1. The van der Waals surface area contributed by atoms with E-state index in [-0.39, 0.29) is 6.10 Å². The summed E-state index contributed by atoms with van der Waals surface area (Å²) in [4.78, 5) is 16.3. The average molecular weight is 393 g/mol. The second-order valence-electron chi connectivity index (χ2n) is 7.73. The first-order valence-electron chi connectivity index (χ1n) is 9.88. The average Bonchev–Trinajstić information content (AvgIpc) is 2.60. The molecule has 0 spiro atoms. The molecule has 0 heterocycles. The van der Waals surface area contributed by atoms with E-state index in [1.807, 2.05) is 47.6 Å². The minimum Gasteiger partial charge on any atom is -0.444 e. The van der Waals surface area contributed by atoms with E-state index < -0.39 is 11.7 Å². The van der Waals surface area contributed by atoms with Crippen LogP contribution in [0.3, 0.4) is 0 Å². The summed E-state index contributed by atoms with van der Waals surface area (Å²) in [7, 11) is 0. The van der Waals surface area contributed by atoms with Gasteiger partial charge < -0.3 is 25.4 Å². The lowest BCUT2D eigenvalue weighted by Gasteiger charge is -2.19. The molecule has 0 aliphatic rings. The SMILES string of the molecule is CCNC(=NCc1cccc(COC(C)C)c1)NCCNC(=O)OC(C)(C)C. The molecular formula is C21H36N4O3. The second-order valence-corrected chi connectivity index (χ2v) is 7.73. The number of hydrogen-bond acceptors (Lipinski definition) is 4. The van der Waals surface area contributed by atoms with Crippen molar-refractivity contribution in [2.24, 2.45) is 4.99 Å². The molecule has 0 aliphatic carbocycles. The number of nitrogens with one attached hydrogen (secondary N) is 3. The zero-order valence-electron chi connectivity index (χ0n) is 18.1. The third kappa shape index (κ3) is 11.4. The van der Waals surface area contributed by atoms with Crippen molar-refractivity contribution in [3.8, 4) is 0 Å².